The summed E-state index contributed by atoms with van der Waals surface area (Å²) in [4.78, 5) is 2.48. The molecular formula is C18H32N2. The van der Waals surface area contributed by atoms with E-state index in [2.05, 4.69) is 76.0 Å². The predicted octanol–water partition coefficient (Wildman–Crippen LogP) is 4.24. The van der Waals surface area contributed by atoms with E-state index in [1.54, 1.807) is 0 Å². The Morgan fingerprint density at radius 2 is 1.95 bits per heavy atom. The van der Waals surface area contributed by atoms with Gasteiger partial charge < -0.3 is 10.2 Å². The Morgan fingerprint density at radius 1 is 1.25 bits per heavy atom. The van der Waals surface area contributed by atoms with Crippen molar-refractivity contribution in [3.63, 3.8) is 0 Å². The molecule has 1 N–H and O–H groups in total. The van der Waals surface area contributed by atoms with Crippen LogP contribution in [0.3, 0.4) is 0 Å². The van der Waals surface area contributed by atoms with Crippen LogP contribution in [0.25, 0.3) is 0 Å². The fourth-order valence-electron chi connectivity index (χ4n) is 2.48. The molecule has 0 bridgehead atoms. The van der Waals surface area contributed by atoms with Gasteiger partial charge in [-0.15, -0.1) is 0 Å². The minimum atomic E-state index is 0.245. The van der Waals surface area contributed by atoms with Crippen molar-refractivity contribution < 1.29 is 0 Å². The highest BCUT2D eigenvalue weighted by Gasteiger charge is 2.27. The van der Waals surface area contributed by atoms with Crippen molar-refractivity contribution in [2.45, 2.75) is 54.0 Å². The first-order valence-corrected chi connectivity index (χ1v) is 7.95. The molecule has 0 radical (unpaired) electrons. The minimum absolute atomic E-state index is 0.245. The van der Waals surface area contributed by atoms with Gasteiger partial charge in [-0.3, -0.25) is 0 Å². The van der Waals surface area contributed by atoms with Gasteiger partial charge in [0.25, 0.3) is 0 Å². The average Bonchev–Trinajstić information content (AvgIpc) is 2.42. The molecule has 20 heavy (non-hydrogen) atoms. The van der Waals surface area contributed by atoms with Gasteiger partial charge in [0.15, 0.2) is 0 Å². The van der Waals surface area contributed by atoms with Gasteiger partial charge in [-0.2, -0.15) is 0 Å². The quantitative estimate of drug-likeness (QED) is 0.764. The van der Waals surface area contributed by atoms with Crippen molar-refractivity contribution in [2.75, 3.05) is 24.5 Å². The zero-order chi connectivity index (χ0) is 15.2. The van der Waals surface area contributed by atoms with Gasteiger partial charge in [-0.05, 0) is 56.8 Å². The van der Waals surface area contributed by atoms with Gasteiger partial charge in [0, 0.05) is 24.8 Å². The summed E-state index contributed by atoms with van der Waals surface area (Å²) in [6.45, 7) is 16.9. The lowest BCUT2D eigenvalue weighted by Gasteiger charge is -2.38. The van der Waals surface area contributed by atoms with Gasteiger partial charge in [0.2, 0.25) is 0 Å². The van der Waals surface area contributed by atoms with E-state index in [4.69, 9.17) is 0 Å². The summed E-state index contributed by atoms with van der Waals surface area (Å²) in [6.07, 6.45) is 1.19. The van der Waals surface area contributed by atoms with Crippen molar-refractivity contribution in [3.8, 4) is 0 Å². The van der Waals surface area contributed by atoms with E-state index < -0.39 is 0 Å². The Labute approximate surface area is 125 Å². The van der Waals surface area contributed by atoms with Crippen LogP contribution in [0.5, 0.6) is 0 Å². The van der Waals surface area contributed by atoms with Gasteiger partial charge in [-0.1, -0.05) is 32.9 Å². The van der Waals surface area contributed by atoms with E-state index in [1.165, 1.54) is 17.7 Å². The largest absolute Gasteiger partial charge is 0.371 e. The number of nitrogens with one attached hydrogen (secondary N) is 1. The first kappa shape index (κ1) is 17.0. The first-order valence-electron chi connectivity index (χ1n) is 7.95. The third kappa shape index (κ3) is 4.82. The molecule has 114 valence electrons. The van der Waals surface area contributed by atoms with Crippen molar-refractivity contribution >= 4 is 5.69 Å². The van der Waals surface area contributed by atoms with Gasteiger partial charge in [0.05, 0.1) is 0 Å². The maximum Gasteiger partial charge on any atom is 0.0368 e. The Hall–Kier alpha value is -1.02. The number of hydrogen-bond acceptors (Lipinski definition) is 2. The molecule has 0 aliphatic carbocycles. The molecule has 0 aliphatic heterocycles. The Morgan fingerprint density at radius 3 is 2.50 bits per heavy atom. The molecule has 0 aliphatic rings. The molecule has 1 aromatic rings. The number of anilines is 1. The van der Waals surface area contributed by atoms with Crippen molar-refractivity contribution in [1.82, 2.24) is 5.32 Å². The predicted molar refractivity (Wildman–Crippen MR) is 90.6 cm³/mol. The van der Waals surface area contributed by atoms with Gasteiger partial charge in [-0.25, -0.2) is 0 Å². The second-order valence-corrected chi connectivity index (χ2v) is 6.52. The third-order valence-electron chi connectivity index (χ3n) is 4.22. The lowest BCUT2D eigenvalue weighted by molar-refractivity contribution is 0.261. The zero-order valence-corrected chi connectivity index (χ0v) is 14.2. The van der Waals surface area contributed by atoms with Crippen LogP contribution in [-0.2, 0) is 0 Å². The standard InChI is InChI=1S/C18H32N2/c1-7-12-19-16(4)18(5,6)14-20(8-2)17-11-9-10-15(3)13-17/h9-11,13,16,19H,7-8,12,14H2,1-6H3. The average molecular weight is 276 g/mol. The number of aryl methyl sites for hydroxylation is 1. The van der Waals surface area contributed by atoms with E-state index in [9.17, 15) is 0 Å². The fraction of sp³-hybridized carbons (Fsp3) is 0.667. The summed E-state index contributed by atoms with van der Waals surface area (Å²) in [5, 5.41) is 3.64. The molecule has 0 amide bonds. The normalized spacial score (nSPS) is 13.3. The smallest absolute Gasteiger partial charge is 0.0368 e. The molecule has 1 unspecified atom stereocenters. The monoisotopic (exact) mass is 276 g/mol. The van der Waals surface area contributed by atoms with E-state index in [0.29, 0.717) is 6.04 Å². The van der Waals surface area contributed by atoms with Crippen molar-refractivity contribution in [3.05, 3.63) is 29.8 Å². The molecule has 2 nitrogen and oxygen atoms in total. The summed E-state index contributed by atoms with van der Waals surface area (Å²) >= 11 is 0. The topological polar surface area (TPSA) is 15.3 Å². The SMILES string of the molecule is CCCNC(C)C(C)(C)CN(CC)c1cccc(C)c1. The number of hydrogen-bond donors (Lipinski definition) is 1. The van der Waals surface area contributed by atoms with Gasteiger partial charge >= 0.3 is 0 Å². The van der Waals surface area contributed by atoms with E-state index in [1.807, 2.05) is 0 Å². The molecule has 1 aromatic carbocycles. The molecule has 0 saturated carbocycles. The summed E-state index contributed by atoms with van der Waals surface area (Å²) < 4.78 is 0. The van der Waals surface area contributed by atoms with E-state index in [-0.39, 0.29) is 5.41 Å². The second-order valence-electron chi connectivity index (χ2n) is 6.52. The second kappa shape index (κ2) is 7.68. The lowest BCUT2D eigenvalue weighted by Crippen LogP contribution is -2.47. The van der Waals surface area contributed by atoms with Crippen LogP contribution < -0.4 is 10.2 Å². The van der Waals surface area contributed by atoms with Crippen molar-refractivity contribution in [2.24, 2.45) is 5.41 Å². The van der Waals surface area contributed by atoms with Crippen LogP contribution in [0.4, 0.5) is 5.69 Å². The summed E-state index contributed by atoms with van der Waals surface area (Å²) in [5.74, 6) is 0. The molecule has 0 aromatic heterocycles. The van der Waals surface area contributed by atoms with Crippen LogP contribution in [0.15, 0.2) is 24.3 Å². The maximum atomic E-state index is 3.64. The number of benzene rings is 1. The number of nitrogens with zero attached hydrogens (tertiary/aromatic N) is 1. The summed E-state index contributed by atoms with van der Waals surface area (Å²) in [5.41, 5.74) is 2.91. The molecule has 1 atom stereocenters. The van der Waals surface area contributed by atoms with Crippen LogP contribution in [0.1, 0.15) is 46.6 Å². The van der Waals surface area contributed by atoms with Crippen molar-refractivity contribution in [1.29, 1.82) is 0 Å². The molecule has 1 rings (SSSR count). The highest BCUT2D eigenvalue weighted by Crippen LogP contribution is 2.26. The maximum absolute atomic E-state index is 3.64. The van der Waals surface area contributed by atoms with E-state index >= 15 is 0 Å². The molecule has 2 heteroatoms. The Balaban J connectivity index is 2.76. The van der Waals surface area contributed by atoms with Crippen LogP contribution >= 0.6 is 0 Å². The summed E-state index contributed by atoms with van der Waals surface area (Å²) in [7, 11) is 0. The van der Waals surface area contributed by atoms with Crippen LogP contribution in [-0.4, -0.2) is 25.7 Å². The van der Waals surface area contributed by atoms with Gasteiger partial charge in [0.1, 0.15) is 0 Å². The highest BCUT2D eigenvalue weighted by atomic mass is 15.1. The summed E-state index contributed by atoms with van der Waals surface area (Å²) in [6, 6.07) is 9.33. The molecule has 0 heterocycles. The van der Waals surface area contributed by atoms with E-state index in [0.717, 1.165) is 19.6 Å². The van der Waals surface area contributed by atoms with Crippen LogP contribution in [0.2, 0.25) is 0 Å². The lowest BCUT2D eigenvalue weighted by atomic mass is 9.84. The molecule has 0 saturated heterocycles. The highest BCUT2D eigenvalue weighted by molar-refractivity contribution is 5.48. The molecule has 0 spiro atoms. The molecule has 0 fully saturated rings. The van der Waals surface area contributed by atoms with Crippen LogP contribution in [0, 0.1) is 12.3 Å². The third-order valence-corrected chi connectivity index (χ3v) is 4.22. The first-order chi connectivity index (χ1) is 9.40. The minimum Gasteiger partial charge on any atom is -0.371 e. The fourth-order valence-corrected chi connectivity index (χ4v) is 2.48. The molecular weight excluding hydrogens is 244 g/mol. The number of rotatable bonds is 8. The Kier molecular flexibility index (Phi) is 6.54. The zero-order valence-electron chi connectivity index (χ0n) is 14.2. The Bertz CT molecular complexity index is 398.